The van der Waals surface area contributed by atoms with Crippen LogP contribution in [-0.2, 0) is 6.18 Å². The van der Waals surface area contributed by atoms with Crippen molar-refractivity contribution in [2.45, 2.75) is 13.1 Å². The van der Waals surface area contributed by atoms with Crippen LogP contribution >= 0.6 is 0 Å². The summed E-state index contributed by atoms with van der Waals surface area (Å²) < 4.78 is 45.5. The zero-order valence-corrected chi connectivity index (χ0v) is 29.1. The van der Waals surface area contributed by atoms with Gasteiger partial charge >= 0.3 is 6.18 Å². The van der Waals surface area contributed by atoms with Gasteiger partial charge < -0.3 is 4.57 Å². The first-order valence-corrected chi connectivity index (χ1v) is 17.6. The van der Waals surface area contributed by atoms with Gasteiger partial charge in [-0.25, -0.2) is 15.0 Å². The van der Waals surface area contributed by atoms with Crippen molar-refractivity contribution in [1.82, 2.24) is 19.5 Å². The van der Waals surface area contributed by atoms with E-state index >= 15 is 0 Å². The number of rotatable bonds is 6. The van der Waals surface area contributed by atoms with Crippen molar-refractivity contribution in [3.8, 4) is 62.1 Å². The molecule has 0 aliphatic heterocycles. The molecule has 9 aromatic rings. The third kappa shape index (κ3) is 5.99. The van der Waals surface area contributed by atoms with E-state index in [1.54, 1.807) is 12.1 Å². The SMILES string of the molecule is Cc1ccc(-c2ccc3c(c2)c2ccccc2n3-c2cc(-c3ccccc3C(F)(F)F)ccc2-c2nc(-c3ccccc3)nc(-c3ccccc3)n2)cc1. The predicted octanol–water partition coefficient (Wildman–Crippen LogP) is 12.6. The number of alkyl halides is 3. The number of fused-ring (bicyclic) bond motifs is 3. The fraction of sp³-hybridized carbons (Fsp3) is 0.0426. The lowest BCUT2D eigenvalue weighted by molar-refractivity contribution is -0.137. The number of aryl methyl sites for hydroxylation is 1. The molecule has 0 saturated heterocycles. The largest absolute Gasteiger partial charge is 0.417 e. The summed E-state index contributed by atoms with van der Waals surface area (Å²) >= 11 is 0. The van der Waals surface area contributed by atoms with Gasteiger partial charge in [-0.1, -0.05) is 139 Å². The number of halogens is 3. The van der Waals surface area contributed by atoms with E-state index in [0.717, 1.165) is 50.1 Å². The normalized spacial score (nSPS) is 11.7. The second-order valence-corrected chi connectivity index (χ2v) is 13.3. The van der Waals surface area contributed by atoms with Crippen molar-refractivity contribution in [2.75, 3.05) is 0 Å². The fourth-order valence-corrected chi connectivity index (χ4v) is 7.14. The Morgan fingerprint density at radius 2 is 0.981 bits per heavy atom. The molecule has 4 nitrogen and oxygen atoms in total. The van der Waals surface area contributed by atoms with Gasteiger partial charge in [0.25, 0.3) is 0 Å². The molecule has 54 heavy (non-hydrogen) atoms. The monoisotopic (exact) mass is 708 g/mol. The number of hydrogen-bond acceptors (Lipinski definition) is 3. The minimum absolute atomic E-state index is 0.0887. The third-order valence-corrected chi connectivity index (χ3v) is 9.78. The Kier molecular flexibility index (Phi) is 8.12. The summed E-state index contributed by atoms with van der Waals surface area (Å²) in [7, 11) is 0. The molecule has 0 aliphatic carbocycles. The Bertz CT molecular complexity index is 2750. The van der Waals surface area contributed by atoms with Crippen molar-refractivity contribution in [3.05, 3.63) is 181 Å². The highest BCUT2D eigenvalue weighted by molar-refractivity contribution is 6.11. The van der Waals surface area contributed by atoms with E-state index in [-0.39, 0.29) is 5.56 Å². The molecule has 260 valence electrons. The van der Waals surface area contributed by atoms with Crippen LogP contribution in [0.5, 0.6) is 0 Å². The highest BCUT2D eigenvalue weighted by atomic mass is 19.4. The van der Waals surface area contributed by atoms with Gasteiger partial charge in [0, 0.05) is 27.5 Å². The highest BCUT2D eigenvalue weighted by Crippen LogP contribution is 2.42. The number of para-hydroxylation sites is 1. The maximum absolute atomic E-state index is 14.4. The smallest absolute Gasteiger partial charge is 0.308 e. The number of hydrogen-bond donors (Lipinski definition) is 0. The maximum atomic E-state index is 14.4. The molecule has 0 N–H and O–H groups in total. The summed E-state index contributed by atoms with van der Waals surface area (Å²) in [5, 5.41) is 2.03. The number of benzene rings is 7. The van der Waals surface area contributed by atoms with Crippen LogP contribution in [0.4, 0.5) is 13.2 Å². The molecule has 0 aliphatic rings. The first-order chi connectivity index (χ1) is 26.3. The molecule has 2 heterocycles. The molecule has 0 radical (unpaired) electrons. The van der Waals surface area contributed by atoms with Crippen molar-refractivity contribution in [2.24, 2.45) is 0 Å². The minimum Gasteiger partial charge on any atom is -0.308 e. The first kappa shape index (κ1) is 33.0. The average Bonchev–Trinajstić information content (AvgIpc) is 3.54. The van der Waals surface area contributed by atoms with E-state index in [9.17, 15) is 13.2 Å². The minimum atomic E-state index is -4.54. The van der Waals surface area contributed by atoms with Crippen LogP contribution in [0, 0.1) is 6.92 Å². The molecule has 0 saturated carbocycles. The standard InChI is InChI=1S/C47H31F3N4/c1-30-20-22-31(23-21-30)34-25-27-42-39(28-34)37-17-9-11-19-41(37)54(42)43-29-35(36-16-8-10-18-40(36)47(48,49)50)24-26-38(43)46-52-44(32-12-4-2-5-13-32)51-45(53-46)33-14-6-3-7-15-33/h2-29H,1H3. The van der Waals surface area contributed by atoms with E-state index in [1.165, 1.54) is 17.7 Å². The van der Waals surface area contributed by atoms with Crippen molar-refractivity contribution in [3.63, 3.8) is 0 Å². The lowest BCUT2D eigenvalue weighted by Gasteiger charge is -2.18. The molecule has 0 atom stereocenters. The molecular weight excluding hydrogens is 678 g/mol. The number of aromatic nitrogens is 4. The topological polar surface area (TPSA) is 43.6 Å². The van der Waals surface area contributed by atoms with Gasteiger partial charge in [-0.15, -0.1) is 0 Å². The third-order valence-electron chi connectivity index (χ3n) is 9.78. The van der Waals surface area contributed by atoms with Gasteiger partial charge in [-0.3, -0.25) is 0 Å². The first-order valence-electron chi connectivity index (χ1n) is 17.6. The lowest BCUT2D eigenvalue weighted by atomic mass is 9.96. The molecule has 0 amide bonds. The van der Waals surface area contributed by atoms with E-state index < -0.39 is 11.7 Å². The van der Waals surface area contributed by atoms with E-state index in [4.69, 9.17) is 15.0 Å². The molecule has 0 spiro atoms. The molecule has 2 aromatic heterocycles. The van der Waals surface area contributed by atoms with Gasteiger partial charge in [0.05, 0.1) is 22.3 Å². The maximum Gasteiger partial charge on any atom is 0.417 e. The Labute approximate surface area is 309 Å². The summed E-state index contributed by atoms with van der Waals surface area (Å²) in [6.07, 6.45) is -4.54. The van der Waals surface area contributed by atoms with E-state index in [0.29, 0.717) is 34.3 Å². The van der Waals surface area contributed by atoms with Gasteiger partial charge in [-0.05, 0) is 65.6 Å². The van der Waals surface area contributed by atoms with Crippen molar-refractivity contribution in [1.29, 1.82) is 0 Å². The molecule has 7 heteroatoms. The molecule has 0 bridgehead atoms. The van der Waals surface area contributed by atoms with Crippen LogP contribution in [0.2, 0.25) is 0 Å². The zero-order valence-electron chi connectivity index (χ0n) is 29.1. The van der Waals surface area contributed by atoms with Gasteiger partial charge in [-0.2, -0.15) is 13.2 Å². The summed E-state index contributed by atoms with van der Waals surface area (Å²) in [4.78, 5) is 15.0. The van der Waals surface area contributed by atoms with Crippen LogP contribution in [0.1, 0.15) is 11.1 Å². The average molecular weight is 709 g/mol. The summed E-state index contributed by atoms with van der Waals surface area (Å²) in [6, 6.07) is 53.4. The summed E-state index contributed by atoms with van der Waals surface area (Å²) in [5.74, 6) is 1.37. The Balaban J connectivity index is 1.35. The van der Waals surface area contributed by atoms with Crippen LogP contribution in [0.25, 0.3) is 83.9 Å². The van der Waals surface area contributed by atoms with Crippen molar-refractivity contribution < 1.29 is 13.2 Å². The Hall–Kier alpha value is -6.86. The van der Waals surface area contributed by atoms with Gasteiger partial charge in [0.1, 0.15) is 0 Å². The van der Waals surface area contributed by atoms with Crippen LogP contribution in [-0.4, -0.2) is 19.5 Å². The zero-order chi connectivity index (χ0) is 36.8. The molecule has 0 fully saturated rings. The molecule has 0 unspecified atom stereocenters. The second kappa shape index (κ2) is 13.3. The quantitative estimate of drug-likeness (QED) is 0.173. The van der Waals surface area contributed by atoms with Crippen LogP contribution in [0.3, 0.4) is 0 Å². The van der Waals surface area contributed by atoms with Gasteiger partial charge in [0.2, 0.25) is 0 Å². The van der Waals surface area contributed by atoms with Crippen molar-refractivity contribution >= 4 is 21.8 Å². The Morgan fingerprint density at radius 1 is 0.426 bits per heavy atom. The molecule has 7 aromatic carbocycles. The van der Waals surface area contributed by atoms with Crippen LogP contribution < -0.4 is 0 Å². The predicted molar refractivity (Wildman–Crippen MR) is 211 cm³/mol. The van der Waals surface area contributed by atoms with Crippen LogP contribution in [0.15, 0.2) is 170 Å². The Morgan fingerprint density at radius 3 is 1.67 bits per heavy atom. The molecule has 9 rings (SSSR count). The summed E-state index contributed by atoms with van der Waals surface area (Å²) in [6.45, 7) is 2.07. The number of nitrogens with zero attached hydrogens (tertiary/aromatic N) is 4. The summed E-state index contributed by atoms with van der Waals surface area (Å²) in [5.41, 5.74) is 7.86. The highest BCUT2D eigenvalue weighted by Gasteiger charge is 2.33. The fourth-order valence-electron chi connectivity index (χ4n) is 7.14. The van der Waals surface area contributed by atoms with E-state index in [2.05, 4.69) is 60.0 Å². The van der Waals surface area contributed by atoms with Gasteiger partial charge in [0.15, 0.2) is 17.5 Å². The molecular formula is C47H31F3N4. The second-order valence-electron chi connectivity index (χ2n) is 13.3. The van der Waals surface area contributed by atoms with E-state index in [1.807, 2.05) is 91.0 Å². The lowest BCUT2D eigenvalue weighted by Crippen LogP contribution is -2.07.